The van der Waals surface area contributed by atoms with Gasteiger partial charge in [0.2, 0.25) is 17.6 Å². The predicted molar refractivity (Wildman–Crippen MR) is 483 cm³/mol. The van der Waals surface area contributed by atoms with Gasteiger partial charge in [0.15, 0.2) is 0 Å². The zero-order chi connectivity index (χ0) is 94.5. The standard InChI is InChI=1S/C27H24Cl2F2N2O5.C24H19BrCl2F2N2O3.C15H14ClF2NO2.C9H6BrCl2NO.C9H20O2Si.C4H9O.CH3F.K/c1-15-10-21(38-27(30)31)19(25(32-15)37-14-16-6-4-3-5-7-16)13-33-9-8-18-20(28)11-17(12-22(34)36-2)24(29)23(18)26(33)35;1-13-9-19(34-24(28)29)16(22(30-13)33-12-14-5-3-2-4-6-14)11-31-8-7-15-18(26)10-17(25)21(27)20(15)23(31)32;1-10-7-13(21-15(17)18)12(8-16)14(19-10)20-9-11-5-3-2-4-6-11;10-5-3-6(11)4-1-2-13-9(14)7(4)8(5)12;1-8(10-5)11-12(6,7)9(2,3)4;1-4(2,3)5;1-2;/h3-7,10-11,27H,8-9,12-14H2,1-2H3;2-6,9-10,24H,7-8,11-12H2,1H3;2-7,15H,8-9H2,1H3;3H,1-2H2,(H,13,14);1H2,2-7H3;1-3H3;1H3;/q;;;;;-1;;+1/i;;;;;;1D;. The number of ether oxygens (including phenoxy) is 8. The molecule has 3 aliphatic heterocycles. The van der Waals surface area contributed by atoms with E-state index in [4.69, 9.17) is 120 Å². The molecule has 6 heterocycles. The molecule has 1 N–H and O–H groups in total. The van der Waals surface area contributed by atoms with Gasteiger partial charge >= 0.3 is 77.2 Å². The van der Waals surface area contributed by atoms with Crippen LogP contribution in [-0.2, 0) is 83.2 Å². The largest absolute Gasteiger partial charge is 1.00 e. The molecule has 0 saturated carbocycles. The number of rotatable bonds is 25. The molecule has 12 rings (SSSR count). The predicted octanol–water partition coefficient (Wildman–Crippen LogP) is 20.8. The fourth-order valence-electron chi connectivity index (χ4n) is 11.8. The Balaban J connectivity index is 0.000000293. The summed E-state index contributed by atoms with van der Waals surface area (Å²) in [7, 11) is 0.111. The number of fused-ring (bicyclic) bond motifs is 3. The van der Waals surface area contributed by atoms with E-state index in [2.05, 4.69) is 97.3 Å². The van der Waals surface area contributed by atoms with E-state index in [-0.39, 0.29) is 187 Å². The number of benzene rings is 6. The average molecular weight is 2080 g/mol. The molecule has 38 heteroatoms. The Morgan fingerprint density at radius 1 is 0.567 bits per heavy atom. The molecule has 0 aliphatic carbocycles. The van der Waals surface area contributed by atoms with Gasteiger partial charge < -0.3 is 62.5 Å². The van der Waals surface area contributed by atoms with Gasteiger partial charge in [-0.3, -0.25) is 23.6 Å². The number of esters is 1. The zero-order valence-electron chi connectivity index (χ0n) is 73.0. The first-order valence-corrected chi connectivity index (χ1v) is 45.7. The summed E-state index contributed by atoms with van der Waals surface area (Å²) in [5, 5.41) is 15.1. The monoisotopic (exact) mass is 2080 g/mol. The van der Waals surface area contributed by atoms with Gasteiger partial charge in [0, 0.05) is 78.9 Å². The first kappa shape index (κ1) is 109. The number of aryl methyl sites for hydroxylation is 3. The number of amides is 3. The first-order valence-electron chi connectivity index (χ1n) is 39.1. The van der Waals surface area contributed by atoms with E-state index in [1.54, 1.807) is 66.9 Å². The summed E-state index contributed by atoms with van der Waals surface area (Å²) < 4.78 is 141. The number of nitrogens with zero attached hydrogens (tertiary/aromatic N) is 5. The number of carbonyl (C=O) groups is 4. The van der Waals surface area contributed by atoms with E-state index in [0.29, 0.717) is 106 Å². The van der Waals surface area contributed by atoms with Crippen LogP contribution < -0.4 is 90.2 Å². The quantitative estimate of drug-likeness (QED) is 0.0140. The van der Waals surface area contributed by atoms with Gasteiger partial charge in [0.1, 0.15) is 37.1 Å². The van der Waals surface area contributed by atoms with E-state index in [0.717, 1.165) is 28.7 Å². The molecule has 0 spiro atoms. The second-order valence-electron chi connectivity index (χ2n) is 30.2. The molecule has 0 unspecified atom stereocenters. The second-order valence-corrected chi connectivity index (χ2v) is 39.2. The second kappa shape index (κ2) is 52.4. The minimum atomic E-state index is -3.09. The van der Waals surface area contributed by atoms with Crippen molar-refractivity contribution in [2.75, 3.05) is 41.0 Å². The molecule has 0 atom stereocenters. The van der Waals surface area contributed by atoms with Crippen LogP contribution in [0.3, 0.4) is 0 Å². The van der Waals surface area contributed by atoms with Crippen LogP contribution in [0.2, 0.25) is 48.3 Å². The molecule has 0 bridgehead atoms. The Morgan fingerprint density at radius 3 is 1.25 bits per heavy atom. The molecule has 127 heavy (non-hydrogen) atoms. The van der Waals surface area contributed by atoms with Gasteiger partial charge in [0.05, 0.1) is 96.6 Å². The molecule has 3 aliphatic rings. The van der Waals surface area contributed by atoms with E-state index in [9.17, 15) is 55.0 Å². The minimum Gasteiger partial charge on any atom is -0.850 e. The van der Waals surface area contributed by atoms with Crippen molar-refractivity contribution >= 4 is 145 Å². The number of hydrogen-bond acceptors (Lipinski definition) is 17. The number of halogens is 16. The van der Waals surface area contributed by atoms with Gasteiger partial charge in [-0.25, -0.2) is 15.0 Å². The number of alkyl halides is 8. The van der Waals surface area contributed by atoms with Gasteiger partial charge in [-0.15, -0.1) is 17.2 Å². The minimum absolute atomic E-state index is 0. The van der Waals surface area contributed by atoms with Crippen molar-refractivity contribution in [2.24, 2.45) is 0 Å². The van der Waals surface area contributed by atoms with Crippen LogP contribution in [0.4, 0.5) is 30.7 Å². The number of pyridine rings is 3. The molecular weight excluding hydrogens is 1990 g/mol. The third-order valence-corrected chi connectivity index (χ3v) is 27.3. The normalized spacial score (nSPS) is 12.6. The van der Waals surface area contributed by atoms with Gasteiger partial charge in [0.25, 0.3) is 32.0 Å². The molecule has 6 aromatic carbocycles. The molecule has 20 nitrogen and oxygen atoms in total. The Morgan fingerprint density at radius 2 is 0.906 bits per heavy atom. The van der Waals surface area contributed by atoms with Crippen molar-refractivity contribution in [1.82, 2.24) is 30.1 Å². The van der Waals surface area contributed by atoms with Crippen molar-refractivity contribution in [2.45, 2.75) is 170 Å². The van der Waals surface area contributed by atoms with E-state index in [1.165, 1.54) is 35.1 Å². The number of aromatic nitrogens is 3. The third-order valence-electron chi connectivity index (χ3n) is 18.7. The van der Waals surface area contributed by atoms with E-state index >= 15 is 0 Å². The molecule has 0 radical (unpaired) electrons. The average Bonchev–Trinajstić information content (AvgIpc) is 0.709. The topological polar surface area (TPSA) is 232 Å². The van der Waals surface area contributed by atoms with E-state index < -0.39 is 52.8 Å². The van der Waals surface area contributed by atoms with Crippen LogP contribution in [0.15, 0.2) is 149 Å². The van der Waals surface area contributed by atoms with Gasteiger partial charge in [-0.05, 0) is 154 Å². The van der Waals surface area contributed by atoms with Crippen molar-refractivity contribution in [3.63, 3.8) is 0 Å². The van der Waals surface area contributed by atoms with Crippen LogP contribution in [0.1, 0.15) is 147 Å². The fourth-order valence-corrected chi connectivity index (χ4v) is 15.9. The zero-order valence-corrected chi connectivity index (χ0v) is 84.5. The smallest absolute Gasteiger partial charge is 0.850 e. The third kappa shape index (κ3) is 33.7. The Bertz CT molecular complexity index is 5250. The Labute approximate surface area is 831 Å². The summed E-state index contributed by atoms with van der Waals surface area (Å²) >= 11 is 50.1. The van der Waals surface area contributed by atoms with Crippen LogP contribution in [0, 0.1) is 20.8 Å². The summed E-state index contributed by atoms with van der Waals surface area (Å²) in [6.45, 7) is 16.9. The van der Waals surface area contributed by atoms with Gasteiger partial charge in [-0.2, -0.15) is 26.3 Å². The van der Waals surface area contributed by atoms with Crippen molar-refractivity contribution in [1.29, 1.82) is 0 Å². The number of methoxy groups -OCH3 is 2. The molecule has 9 aromatic rings. The molecule has 682 valence electrons. The molecule has 0 fully saturated rings. The Hall–Kier alpha value is -6.90. The van der Waals surface area contributed by atoms with Crippen molar-refractivity contribution in [3.05, 3.63) is 268 Å². The van der Waals surface area contributed by atoms with Crippen LogP contribution >= 0.6 is 113 Å². The molecule has 0 saturated heterocycles. The van der Waals surface area contributed by atoms with Gasteiger partial charge in [-0.1, -0.05) is 202 Å². The van der Waals surface area contributed by atoms with Crippen LogP contribution in [0.5, 0.6) is 34.9 Å². The molecular formula is C89H95Br2Cl7F7KN6O14Si. The number of nitrogens with one attached hydrogen (secondary N) is 1. The summed E-state index contributed by atoms with van der Waals surface area (Å²) in [6.07, 6.45) is 1.38. The molecule has 3 amide bonds. The summed E-state index contributed by atoms with van der Waals surface area (Å²) in [5.74, 6) is -0.957. The number of carbonyl (C=O) groups excluding carboxylic acids is 4. The summed E-state index contributed by atoms with van der Waals surface area (Å²) in [4.78, 5) is 66.3. The van der Waals surface area contributed by atoms with E-state index in [1.807, 2.05) is 91.0 Å². The van der Waals surface area contributed by atoms with Crippen LogP contribution in [-0.4, -0.2) is 123 Å². The SMILES string of the molecule is C=C(OC)O[Si](C)(C)C(C)(C)C.CC(C)(C)[O-].COC(=O)Cc1cc(Cl)c2c(c1Cl)C(=O)N(Cc1c(OC(F)F)cc(C)nc1OCc1ccccc1)CC2.Cc1cc(OC(F)F)c(CCl)c(OCc2ccccc2)n1.Cc1cc(OC(F)F)c(CN2CCc3c(Cl)cc(Br)c(Cl)c3C2=O)c(OCc2ccccc2)n1.O=C1NCCc2c(Cl)cc(Br)c(Cl)c21.[2H]CF.[K+]. The maximum atomic E-state index is 13.6. The summed E-state index contributed by atoms with van der Waals surface area (Å²) in [5.41, 5.74) is 7.38. The fraction of sp³-hybridized carbons (Fsp3) is 0.360. The maximum absolute atomic E-state index is 13.6. The number of hydrogen-bond donors (Lipinski definition) is 1. The molecule has 3 aromatic heterocycles. The van der Waals surface area contributed by atoms with Crippen molar-refractivity contribution < 1.29 is 150 Å². The van der Waals surface area contributed by atoms with Crippen molar-refractivity contribution in [3.8, 4) is 34.9 Å². The first-order chi connectivity index (χ1) is 59.7. The Kier molecular flexibility index (Phi) is 44.9. The maximum Gasteiger partial charge on any atom is 1.00 e. The van der Waals surface area contributed by atoms with Crippen LogP contribution in [0.25, 0.3) is 0 Å². The summed E-state index contributed by atoms with van der Waals surface area (Å²) in [6, 6.07) is 37.2.